The molecule has 0 aromatic rings. The van der Waals surface area contributed by atoms with Crippen LogP contribution >= 0.6 is 0 Å². The van der Waals surface area contributed by atoms with Crippen molar-refractivity contribution in [2.45, 2.75) is 13.8 Å². The SMILES string of the molecule is CC1(C)COBOC1. The van der Waals surface area contributed by atoms with Gasteiger partial charge in [0.2, 0.25) is 0 Å². The van der Waals surface area contributed by atoms with E-state index in [9.17, 15) is 0 Å². The second kappa shape index (κ2) is 2.07. The van der Waals surface area contributed by atoms with E-state index in [0.717, 1.165) is 13.2 Å². The van der Waals surface area contributed by atoms with E-state index in [4.69, 9.17) is 9.31 Å². The summed E-state index contributed by atoms with van der Waals surface area (Å²) in [4.78, 5) is 0. The fraction of sp³-hybridized carbons (Fsp3) is 1.00. The van der Waals surface area contributed by atoms with Crippen molar-refractivity contribution in [3.05, 3.63) is 0 Å². The molecule has 46 valence electrons. The summed E-state index contributed by atoms with van der Waals surface area (Å²) in [6.45, 7) is 5.92. The van der Waals surface area contributed by atoms with E-state index in [1.807, 2.05) is 0 Å². The third kappa shape index (κ3) is 1.49. The van der Waals surface area contributed by atoms with Crippen molar-refractivity contribution < 1.29 is 9.31 Å². The molecule has 0 saturated carbocycles. The Bertz CT molecular complexity index is 74.5. The first-order chi connectivity index (χ1) is 3.71. The van der Waals surface area contributed by atoms with Gasteiger partial charge in [0.05, 0.1) is 0 Å². The van der Waals surface area contributed by atoms with E-state index in [1.54, 1.807) is 0 Å². The van der Waals surface area contributed by atoms with Crippen LogP contribution in [0, 0.1) is 5.41 Å². The highest BCUT2D eigenvalue weighted by atomic mass is 16.6. The van der Waals surface area contributed by atoms with Crippen molar-refractivity contribution in [1.29, 1.82) is 0 Å². The van der Waals surface area contributed by atoms with Gasteiger partial charge in [-0.3, -0.25) is 0 Å². The lowest BCUT2D eigenvalue weighted by Crippen LogP contribution is -2.33. The van der Waals surface area contributed by atoms with E-state index in [1.165, 1.54) is 0 Å². The molecule has 1 fully saturated rings. The highest BCUT2D eigenvalue weighted by Crippen LogP contribution is 2.18. The lowest BCUT2D eigenvalue weighted by atomic mass is 9.94. The molecule has 0 N–H and O–H groups in total. The zero-order chi connectivity index (χ0) is 6.04. The summed E-state index contributed by atoms with van der Waals surface area (Å²) in [5.41, 5.74) is 0.234. The zero-order valence-corrected chi connectivity index (χ0v) is 5.44. The highest BCUT2D eigenvalue weighted by Gasteiger charge is 2.22. The van der Waals surface area contributed by atoms with E-state index in [-0.39, 0.29) is 5.41 Å². The second-order valence-electron chi connectivity index (χ2n) is 2.98. The van der Waals surface area contributed by atoms with Crippen molar-refractivity contribution >= 4 is 7.69 Å². The van der Waals surface area contributed by atoms with Crippen molar-refractivity contribution in [3.8, 4) is 0 Å². The molecule has 0 radical (unpaired) electrons. The summed E-state index contributed by atoms with van der Waals surface area (Å²) in [5.74, 6) is 0. The second-order valence-corrected chi connectivity index (χ2v) is 2.98. The van der Waals surface area contributed by atoms with Gasteiger partial charge >= 0.3 is 7.69 Å². The Morgan fingerprint density at radius 2 is 1.75 bits per heavy atom. The molecule has 3 heteroatoms. The topological polar surface area (TPSA) is 18.5 Å². The Labute approximate surface area is 50.5 Å². The average Bonchev–Trinajstić information content (AvgIpc) is 1.65. The predicted molar refractivity (Wildman–Crippen MR) is 32.8 cm³/mol. The molecule has 0 bridgehead atoms. The first kappa shape index (κ1) is 6.11. The van der Waals surface area contributed by atoms with Crippen molar-refractivity contribution in [1.82, 2.24) is 0 Å². The molecular formula is C5H11BO2. The Hall–Kier alpha value is -0.0151. The zero-order valence-electron chi connectivity index (χ0n) is 5.44. The minimum atomic E-state index is 0.234. The van der Waals surface area contributed by atoms with E-state index in [2.05, 4.69) is 13.8 Å². The molecule has 8 heavy (non-hydrogen) atoms. The summed E-state index contributed by atoms with van der Waals surface area (Å²) in [6.07, 6.45) is 0. The van der Waals surface area contributed by atoms with Crippen LogP contribution in [-0.4, -0.2) is 20.9 Å². The normalized spacial score (nSPS) is 26.8. The maximum Gasteiger partial charge on any atom is 0.438 e. The number of hydrogen-bond donors (Lipinski definition) is 0. The van der Waals surface area contributed by atoms with Gasteiger partial charge in [-0.25, -0.2) is 0 Å². The van der Waals surface area contributed by atoms with Gasteiger partial charge in [0.1, 0.15) is 0 Å². The molecule has 0 unspecified atom stereocenters. The third-order valence-corrected chi connectivity index (χ3v) is 1.15. The van der Waals surface area contributed by atoms with E-state index < -0.39 is 0 Å². The Morgan fingerprint density at radius 3 is 2.00 bits per heavy atom. The van der Waals surface area contributed by atoms with Crippen LogP contribution in [0.1, 0.15) is 13.8 Å². The van der Waals surface area contributed by atoms with Crippen LogP contribution in [0.15, 0.2) is 0 Å². The van der Waals surface area contributed by atoms with Crippen LogP contribution in [0.2, 0.25) is 0 Å². The Morgan fingerprint density at radius 1 is 1.25 bits per heavy atom. The Balaban J connectivity index is 2.33. The molecular weight excluding hydrogens is 103 g/mol. The number of rotatable bonds is 0. The van der Waals surface area contributed by atoms with Crippen LogP contribution in [0.25, 0.3) is 0 Å². The first-order valence-electron chi connectivity index (χ1n) is 2.86. The fourth-order valence-electron chi connectivity index (χ4n) is 0.737. The van der Waals surface area contributed by atoms with Gasteiger partial charge in [-0.1, -0.05) is 13.8 Å². The Kier molecular flexibility index (Phi) is 1.58. The quantitative estimate of drug-likeness (QED) is 0.422. The molecule has 0 spiro atoms. The van der Waals surface area contributed by atoms with Gasteiger partial charge in [0.15, 0.2) is 0 Å². The van der Waals surface area contributed by atoms with Gasteiger partial charge in [0, 0.05) is 18.6 Å². The summed E-state index contributed by atoms with van der Waals surface area (Å²) in [6, 6.07) is 0. The predicted octanol–water partition coefficient (Wildman–Crippen LogP) is 0.326. The minimum Gasteiger partial charge on any atom is -0.413 e. The molecule has 0 amide bonds. The largest absolute Gasteiger partial charge is 0.438 e. The molecule has 0 atom stereocenters. The standard InChI is InChI=1S/C5H11BO2/c1-5(2)3-7-6-8-4-5/h6H,3-4H2,1-2H3. The molecule has 1 rings (SSSR count). The van der Waals surface area contributed by atoms with Gasteiger partial charge < -0.3 is 9.31 Å². The van der Waals surface area contributed by atoms with Gasteiger partial charge in [0.25, 0.3) is 0 Å². The van der Waals surface area contributed by atoms with Crippen LogP contribution in [0.3, 0.4) is 0 Å². The third-order valence-electron chi connectivity index (χ3n) is 1.15. The number of hydrogen-bond acceptors (Lipinski definition) is 2. The lowest BCUT2D eigenvalue weighted by molar-refractivity contribution is 0.0431. The maximum atomic E-state index is 5.06. The lowest BCUT2D eigenvalue weighted by Gasteiger charge is -2.28. The smallest absolute Gasteiger partial charge is 0.413 e. The van der Waals surface area contributed by atoms with Crippen molar-refractivity contribution in [2.75, 3.05) is 13.2 Å². The molecule has 1 heterocycles. The molecule has 2 nitrogen and oxygen atoms in total. The van der Waals surface area contributed by atoms with Gasteiger partial charge in [-0.15, -0.1) is 0 Å². The van der Waals surface area contributed by atoms with Gasteiger partial charge in [-0.05, 0) is 0 Å². The summed E-state index contributed by atoms with van der Waals surface area (Å²) in [7, 11) is 0.476. The molecule has 1 aliphatic heterocycles. The first-order valence-corrected chi connectivity index (χ1v) is 2.86. The summed E-state index contributed by atoms with van der Waals surface area (Å²) < 4.78 is 10.1. The highest BCUT2D eigenvalue weighted by molar-refractivity contribution is 6.18. The molecule has 1 aliphatic rings. The van der Waals surface area contributed by atoms with Crippen molar-refractivity contribution in [3.63, 3.8) is 0 Å². The van der Waals surface area contributed by atoms with E-state index >= 15 is 0 Å². The van der Waals surface area contributed by atoms with Crippen LogP contribution in [0.4, 0.5) is 0 Å². The summed E-state index contributed by atoms with van der Waals surface area (Å²) in [5, 5.41) is 0. The fourth-order valence-corrected chi connectivity index (χ4v) is 0.737. The summed E-state index contributed by atoms with van der Waals surface area (Å²) >= 11 is 0. The van der Waals surface area contributed by atoms with Crippen LogP contribution < -0.4 is 0 Å². The van der Waals surface area contributed by atoms with Crippen molar-refractivity contribution in [2.24, 2.45) is 5.41 Å². The molecule has 0 aromatic heterocycles. The molecule has 0 aliphatic carbocycles. The van der Waals surface area contributed by atoms with Gasteiger partial charge in [-0.2, -0.15) is 0 Å². The average molecular weight is 114 g/mol. The van der Waals surface area contributed by atoms with Crippen LogP contribution in [0.5, 0.6) is 0 Å². The monoisotopic (exact) mass is 114 g/mol. The molecule has 1 saturated heterocycles. The van der Waals surface area contributed by atoms with E-state index in [0.29, 0.717) is 7.69 Å². The molecule has 0 aromatic carbocycles. The maximum absolute atomic E-state index is 5.06. The van der Waals surface area contributed by atoms with Crippen LogP contribution in [-0.2, 0) is 9.31 Å². The minimum absolute atomic E-state index is 0.234.